The number of anilines is 1. The molecule has 0 saturated carbocycles. The predicted octanol–water partition coefficient (Wildman–Crippen LogP) is 3.31. The quantitative estimate of drug-likeness (QED) is 0.760. The van der Waals surface area contributed by atoms with Gasteiger partial charge in [-0.1, -0.05) is 17.7 Å². The van der Waals surface area contributed by atoms with E-state index in [0.717, 1.165) is 5.41 Å². The van der Waals surface area contributed by atoms with Gasteiger partial charge in [-0.25, -0.2) is 8.42 Å². The first kappa shape index (κ1) is 19.3. The first-order valence-corrected chi connectivity index (χ1v) is 10.2. The van der Waals surface area contributed by atoms with Crippen molar-refractivity contribution in [3.63, 3.8) is 0 Å². The number of hydrogen-bond donors (Lipinski definition) is 0. The van der Waals surface area contributed by atoms with Gasteiger partial charge in [0.15, 0.2) is 9.84 Å². The van der Waals surface area contributed by atoms with Crippen LogP contribution in [0.4, 0.5) is 5.69 Å². The second-order valence-electron chi connectivity index (χ2n) is 5.95. The Hall–Kier alpha value is -2.51. The molecule has 0 unspecified atom stereocenters. The van der Waals surface area contributed by atoms with Gasteiger partial charge in [0.05, 0.1) is 31.6 Å². The maximum absolute atomic E-state index is 13.4. The van der Waals surface area contributed by atoms with Crippen LogP contribution in [0.3, 0.4) is 0 Å². The summed E-state index contributed by atoms with van der Waals surface area (Å²) in [4.78, 5) is 14.8. The van der Waals surface area contributed by atoms with Crippen LogP contribution >= 0.6 is 11.6 Å². The van der Waals surface area contributed by atoms with Crippen molar-refractivity contribution in [1.29, 1.82) is 0 Å². The molecule has 27 heavy (non-hydrogen) atoms. The first-order valence-electron chi connectivity index (χ1n) is 8.07. The number of amides is 1. The van der Waals surface area contributed by atoms with Crippen molar-refractivity contribution in [2.75, 3.05) is 24.9 Å². The summed E-state index contributed by atoms with van der Waals surface area (Å²) in [7, 11) is -0.389. The predicted molar refractivity (Wildman–Crippen MR) is 105 cm³/mol. The second-order valence-corrected chi connectivity index (χ2v) is 8.31. The van der Waals surface area contributed by atoms with Crippen molar-refractivity contribution in [3.8, 4) is 11.5 Å². The lowest BCUT2D eigenvalue weighted by Gasteiger charge is -2.28. The molecular formula is C19H18ClNO5S. The van der Waals surface area contributed by atoms with E-state index in [2.05, 4.69) is 0 Å². The maximum atomic E-state index is 13.4. The summed E-state index contributed by atoms with van der Waals surface area (Å²) in [6.07, 6.45) is 1.50. The van der Waals surface area contributed by atoms with Gasteiger partial charge in [-0.3, -0.25) is 4.79 Å². The SMILES string of the molecule is COc1ccc(C(=O)N(c2cccc(Cl)c2)[C@@H]2C=CS(=O)(=O)C2)c(OC)c1. The van der Waals surface area contributed by atoms with E-state index < -0.39 is 21.8 Å². The van der Waals surface area contributed by atoms with Crippen molar-refractivity contribution in [3.05, 3.63) is 64.5 Å². The lowest BCUT2D eigenvalue weighted by atomic mass is 10.1. The fourth-order valence-corrected chi connectivity index (χ4v) is 4.36. The Morgan fingerprint density at radius 3 is 2.52 bits per heavy atom. The second kappa shape index (κ2) is 7.62. The van der Waals surface area contributed by atoms with Crippen LogP contribution in [0.2, 0.25) is 5.02 Å². The monoisotopic (exact) mass is 407 g/mol. The Kier molecular flexibility index (Phi) is 5.43. The highest BCUT2D eigenvalue weighted by Crippen LogP contribution is 2.31. The molecule has 1 amide bonds. The molecule has 2 aromatic rings. The molecule has 0 N–H and O–H groups in total. The molecule has 3 rings (SSSR count). The topological polar surface area (TPSA) is 72.9 Å². The van der Waals surface area contributed by atoms with Crippen molar-refractivity contribution in [2.24, 2.45) is 0 Å². The molecular weight excluding hydrogens is 390 g/mol. The normalized spacial score (nSPS) is 17.5. The van der Waals surface area contributed by atoms with Gasteiger partial charge in [0.2, 0.25) is 0 Å². The molecule has 0 radical (unpaired) electrons. The van der Waals surface area contributed by atoms with Crippen LogP contribution in [-0.4, -0.2) is 40.3 Å². The summed E-state index contributed by atoms with van der Waals surface area (Å²) in [5.74, 6) is 0.282. The van der Waals surface area contributed by atoms with Gasteiger partial charge in [-0.05, 0) is 36.4 Å². The van der Waals surface area contributed by atoms with Gasteiger partial charge >= 0.3 is 0 Å². The van der Waals surface area contributed by atoms with Crippen LogP contribution in [0.25, 0.3) is 0 Å². The highest BCUT2D eigenvalue weighted by atomic mass is 35.5. The molecule has 0 spiro atoms. The molecule has 8 heteroatoms. The Labute approximate surface area is 162 Å². The molecule has 2 aromatic carbocycles. The average molecular weight is 408 g/mol. The third-order valence-corrected chi connectivity index (χ3v) is 5.80. The number of methoxy groups -OCH3 is 2. The van der Waals surface area contributed by atoms with Crippen LogP contribution in [0.1, 0.15) is 10.4 Å². The van der Waals surface area contributed by atoms with Gasteiger partial charge in [-0.15, -0.1) is 0 Å². The smallest absolute Gasteiger partial charge is 0.262 e. The highest BCUT2D eigenvalue weighted by molar-refractivity contribution is 7.94. The number of nitrogens with zero attached hydrogens (tertiary/aromatic N) is 1. The van der Waals surface area contributed by atoms with Gasteiger partial charge in [0.1, 0.15) is 11.5 Å². The van der Waals surface area contributed by atoms with Crippen LogP contribution in [-0.2, 0) is 9.84 Å². The standard InChI is InChI=1S/C19H18ClNO5S/c1-25-16-6-7-17(18(11-16)26-2)19(22)21(14-5-3-4-13(20)10-14)15-8-9-27(23,24)12-15/h3-11,15H,12H2,1-2H3/t15-/m1/s1. The highest BCUT2D eigenvalue weighted by Gasteiger charge is 2.33. The van der Waals surface area contributed by atoms with E-state index in [0.29, 0.717) is 22.2 Å². The zero-order chi connectivity index (χ0) is 19.6. The summed E-state index contributed by atoms with van der Waals surface area (Å²) in [6, 6.07) is 10.9. The summed E-state index contributed by atoms with van der Waals surface area (Å²) >= 11 is 6.09. The van der Waals surface area contributed by atoms with Crippen molar-refractivity contribution >= 4 is 33.0 Å². The van der Waals surface area contributed by atoms with E-state index in [1.165, 1.54) is 25.2 Å². The number of ether oxygens (including phenoxy) is 2. The average Bonchev–Trinajstić information content (AvgIpc) is 3.00. The number of carbonyl (C=O) groups excluding carboxylic acids is 1. The summed E-state index contributed by atoms with van der Waals surface area (Å²) < 4.78 is 34.3. The molecule has 1 aliphatic rings. The van der Waals surface area contributed by atoms with Gasteiger partial charge < -0.3 is 14.4 Å². The van der Waals surface area contributed by atoms with E-state index in [4.69, 9.17) is 21.1 Å². The molecule has 0 fully saturated rings. The number of carbonyl (C=O) groups is 1. The number of hydrogen-bond acceptors (Lipinski definition) is 5. The molecule has 0 bridgehead atoms. The maximum Gasteiger partial charge on any atom is 0.262 e. The fraction of sp³-hybridized carbons (Fsp3) is 0.211. The van der Waals surface area contributed by atoms with Crippen molar-refractivity contribution in [2.45, 2.75) is 6.04 Å². The summed E-state index contributed by atoms with van der Waals surface area (Å²) in [6.45, 7) is 0. The molecule has 6 nitrogen and oxygen atoms in total. The molecule has 142 valence electrons. The minimum atomic E-state index is -3.36. The minimum absolute atomic E-state index is 0.191. The zero-order valence-electron chi connectivity index (χ0n) is 14.8. The minimum Gasteiger partial charge on any atom is -0.497 e. The third-order valence-electron chi connectivity index (χ3n) is 4.19. The third kappa shape index (κ3) is 4.09. The summed E-state index contributed by atoms with van der Waals surface area (Å²) in [5.41, 5.74) is 0.785. The van der Waals surface area contributed by atoms with Gasteiger partial charge in [0.25, 0.3) is 5.91 Å². The molecule has 0 aliphatic carbocycles. The van der Waals surface area contributed by atoms with Crippen molar-refractivity contribution < 1.29 is 22.7 Å². The van der Waals surface area contributed by atoms with Gasteiger partial charge in [0, 0.05) is 22.2 Å². The molecule has 0 saturated heterocycles. The fourth-order valence-electron chi connectivity index (χ4n) is 2.91. The van der Waals surface area contributed by atoms with E-state index in [1.54, 1.807) is 42.5 Å². The van der Waals surface area contributed by atoms with E-state index in [-0.39, 0.29) is 11.3 Å². The number of benzene rings is 2. The number of sulfone groups is 1. The van der Waals surface area contributed by atoms with E-state index in [9.17, 15) is 13.2 Å². The lowest BCUT2D eigenvalue weighted by Crippen LogP contribution is -2.41. The van der Waals surface area contributed by atoms with E-state index >= 15 is 0 Å². The molecule has 1 atom stereocenters. The van der Waals surface area contributed by atoms with E-state index in [1.807, 2.05) is 0 Å². The zero-order valence-corrected chi connectivity index (χ0v) is 16.3. The van der Waals surface area contributed by atoms with Gasteiger partial charge in [-0.2, -0.15) is 0 Å². The summed E-state index contributed by atoms with van der Waals surface area (Å²) in [5, 5.41) is 1.57. The van der Waals surface area contributed by atoms with Crippen molar-refractivity contribution in [1.82, 2.24) is 0 Å². The molecule has 1 aliphatic heterocycles. The number of rotatable bonds is 5. The molecule has 0 aromatic heterocycles. The first-order chi connectivity index (χ1) is 12.8. The number of halogens is 1. The van der Waals surface area contributed by atoms with Crippen LogP contribution in [0, 0.1) is 0 Å². The lowest BCUT2D eigenvalue weighted by molar-refractivity contribution is 0.0980. The largest absolute Gasteiger partial charge is 0.497 e. The molecule has 1 heterocycles. The Balaban J connectivity index is 2.08. The van der Waals surface area contributed by atoms with Crippen LogP contribution in [0.15, 0.2) is 53.9 Å². The van der Waals surface area contributed by atoms with Crippen LogP contribution in [0.5, 0.6) is 11.5 Å². The Morgan fingerprint density at radius 2 is 1.93 bits per heavy atom. The Morgan fingerprint density at radius 1 is 1.15 bits per heavy atom. The van der Waals surface area contributed by atoms with Crippen LogP contribution < -0.4 is 14.4 Å². The Bertz CT molecular complexity index is 1000.